The molecule has 0 aromatic heterocycles. The molecular weight excluding hydrogens is 539 g/mol. The number of rotatable bonds is 7. The van der Waals surface area contributed by atoms with Gasteiger partial charge in [0.15, 0.2) is 6.35 Å². The number of halogens is 1. The van der Waals surface area contributed by atoms with Crippen molar-refractivity contribution < 1.29 is 23.5 Å². The van der Waals surface area contributed by atoms with E-state index in [4.69, 9.17) is 13.8 Å². The first-order valence-corrected chi connectivity index (χ1v) is 14.4. The highest BCUT2D eigenvalue weighted by atomic mass is 79.9. The third-order valence-electron chi connectivity index (χ3n) is 6.33. The molecule has 0 aliphatic carbocycles. The molecule has 7 heteroatoms. The van der Waals surface area contributed by atoms with E-state index in [-0.39, 0.29) is 25.8 Å². The van der Waals surface area contributed by atoms with Crippen molar-refractivity contribution in [3.8, 4) is 11.5 Å². The van der Waals surface area contributed by atoms with Gasteiger partial charge in [0.2, 0.25) is 0 Å². The Labute approximate surface area is 223 Å². The minimum atomic E-state index is -3.39. The second-order valence-corrected chi connectivity index (χ2v) is 12.3. The molecule has 1 aliphatic rings. The van der Waals surface area contributed by atoms with Crippen molar-refractivity contribution in [1.29, 1.82) is 0 Å². The average molecular weight is 575 g/mol. The molecule has 0 amide bonds. The fourth-order valence-corrected chi connectivity index (χ4v) is 6.35. The number of phenols is 1. The predicted octanol–water partition coefficient (Wildman–Crippen LogP) is 8.83. The molecule has 0 bridgehead atoms. The summed E-state index contributed by atoms with van der Waals surface area (Å²) in [6.45, 7) is 8.62. The van der Waals surface area contributed by atoms with Crippen LogP contribution in [0.1, 0.15) is 73.1 Å². The minimum absolute atomic E-state index is 0. The summed E-state index contributed by atoms with van der Waals surface area (Å²) < 4.78 is 31.6. The van der Waals surface area contributed by atoms with E-state index in [1.807, 2.05) is 42.5 Å². The zero-order valence-corrected chi connectivity index (χ0v) is 23.1. The van der Waals surface area contributed by atoms with Crippen molar-refractivity contribution in [2.75, 3.05) is 13.0 Å². The SMILES string of the molecule is C.Cc1cc(OC[P@]2(=O)OCC[C@@H](c3cccc(Br)c3)O2)cc(C)c1Cc1ccc(O)c(C(C)C)c1. The van der Waals surface area contributed by atoms with Gasteiger partial charge in [0.1, 0.15) is 11.5 Å². The molecule has 1 heterocycles. The first-order valence-electron chi connectivity index (χ1n) is 11.9. The highest BCUT2D eigenvalue weighted by Gasteiger charge is 2.35. The summed E-state index contributed by atoms with van der Waals surface area (Å²) in [5.74, 6) is 1.23. The molecule has 1 fully saturated rings. The lowest BCUT2D eigenvalue weighted by atomic mass is 9.93. The Hall–Kier alpha value is -2.11. The zero-order chi connectivity index (χ0) is 25.2. The van der Waals surface area contributed by atoms with E-state index in [2.05, 4.69) is 49.7 Å². The maximum Gasteiger partial charge on any atom is 0.368 e. The third-order valence-corrected chi connectivity index (χ3v) is 8.42. The van der Waals surface area contributed by atoms with E-state index < -0.39 is 7.60 Å². The van der Waals surface area contributed by atoms with E-state index in [9.17, 15) is 9.67 Å². The van der Waals surface area contributed by atoms with Gasteiger partial charge < -0.3 is 14.4 Å². The molecule has 194 valence electrons. The van der Waals surface area contributed by atoms with E-state index in [0.717, 1.165) is 38.7 Å². The van der Waals surface area contributed by atoms with Crippen LogP contribution in [0.25, 0.3) is 0 Å². The van der Waals surface area contributed by atoms with Crippen molar-refractivity contribution in [2.45, 2.75) is 60.0 Å². The maximum atomic E-state index is 13.3. The van der Waals surface area contributed by atoms with Crippen LogP contribution in [0.5, 0.6) is 11.5 Å². The van der Waals surface area contributed by atoms with E-state index in [1.54, 1.807) is 6.07 Å². The van der Waals surface area contributed by atoms with Gasteiger partial charge in [-0.2, -0.15) is 0 Å². The van der Waals surface area contributed by atoms with Crippen molar-refractivity contribution in [1.82, 2.24) is 0 Å². The molecule has 3 aromatic rings. The fourth-order valence-electron chi connectivity index (χ4n) is 4.43. The second kappa shape index (κ2) is 12.0. The number of hydrogen-bond donors (Lipinski definition) is 1. The van der Waals surface area contributed by atoms with Gasteiger partial charge in [-0.05, 0) is 89.9 Å². The first-order chi connectivity index (χ1) is 16.6. The number of phenolic OH excluding ortho intramolecular Hbond substituents is 1. The highest BCUT2D eigenvalue weighted by molar-refractivity contribution is 9.10. The smallest absolute Gasteiger partial charge is 0.368 e. The van der Waals surface area contributed by atoms with E-state index in [0.29, 0.717) is 24.5 Å². The molecule has 0 spiro atoms. The van der Waals surface area contributed by atoms with Crippen LogP contribution in [0.4, 0.5) is 0 Å². The zero-order valence-electron chi connectivity index (χ0n) is 20.6. The normalized spacial score (nSPS) is 19.7. The number of benzene rings is 3. The highest BCUT2D eigenvalue weighted by Crippen LogP contribution is 2.56. The molecule has 36 heavy (non-hydrogen) atoms. The molecule has 4 rings (SSSR count). The number of hydrogen-bond acceptors (Lipinski definition) is 5. The topological polar surface area (TPSA) is 65.0 Å². The van der Waals surface area contributed by atoms with Gasteiger partial charge in [0.25, 0.3) is 0 Å². The first kappa shape index (κ1) is 28.5. The predicted molar refractivity (Wildman–Crippen MR) is 149 cm³/mol. The fraction of sp³-hybridized carbons (Fsp3) is 0.379. The summed E-state index contributed by atoms with van der Waals surface area (Å²) in [5, 5.41) is 10.1. The lowest BCUT2D eigenvalue weighted by molar-refractivity contribution is 0.0725. The third kappa shape index (κ3) is 6.80. The van der Waals surface area contributed by atoms with Crippen LogP contribution in [-0.2, 0) is 20.0 Å². The summed E-state index contributed by atoms with van der Waals surface area (Å²) in [7, 11) is -3.39. The standard InChI is InChI=1S/C28H32BrO5P.CH4/c1-18(2)25-14-21(8-9-27(25)30)15-26-19(3)12-24(13-20(26)4)32-17-35(31)33-11-10-28(34-35)22-6-5-7-23(29)16-22;/h5-9,12-14,16,18,28,30H,10-11,15,17H2,1-4H3;1H4/t28-,35-;/m0./s1. The molecule has 1 saturated heterocycles. The molecule has 0 saturated carbocycles. The Balaban J connectivity index is 0.00000361. The Morgan fingerprint density at radius 1 is 1.11 bits per heavy atom. The minimum Gasteiger partial charge on any atom is -0.508 e. The summed E-state index contributed by atoms with van der Waals surface area (Å²) in [6, 6.07) is 17.6. The maximum absolute atomic E-state index is 13.3. The lowest BCUT2D eigenvalue weighted by Gasteiger charge is -2.30. The van der Waals surface area contributed by atoms with Gasteiger partial charge in [-0.25, -0.2) is 0 Å². The molecule has 1 N–H and O–H groups in total. The Bertz CT molecular complexity index is 1230. The van der Waals surface area contributed by atoms with Crippen LogP contribution in [0.2, 0.25) is 0 Å². The van der Waals surface area contributed by atoms with Gasteiger partial charge in [-0.15, -0.1) is 0 Å². The van der Waals surface area contributed by atoms with Crippen LogP contribution in [0, 0.1) is 13.8 Å². The van der Waals surface area contributed by atoms with Crippen molar-refractivity contribution in [3.63, 3.8) is 0 Å². The quantitative estimate of drug-likeness (QED) is 0.285. The summed E-state index contributed by atoms with van der Waals surface area (Å²) >= 11 is 3.48. The molecule has 1 aliphatic heterocycles. The largest absolute Gasteiger partial charge is 0.508 e. The average Bonchev–Trinajstić information content (AvgIpc) is 2.81. The van der Waals surface area contributed by atoms with Crippen LogP contribution in [0.15, 0.2) is 59.1 Å². The van der Waals surface area contributed by atoms with Gasteiger partial charge in [0.05, 0.1) is 12.7 Å². The second-order valence-electron chi connectivity index (χ2n) is 9.42. The molecule has 0 radical (unpaired) electrons. The molecule has 0 unspecified atom stereocenters. The van der Waals surface area contributed by atoms with E-state index >= 15 is 0 Å². The summed E-state index contributed by atoms with van der Waals surface area (Å²) in [6.07, 6.45) is 0.980. The van der Waals surface area contributed by atoms with Crippen LogP contribution >= 0.6 is 23.5 Å². The monoisotopic (exact) mass is 574 g/mol. The van der Waals surface area contributed by atoms with Gasteiger partial charge >= 0.3 is 7.60 Å². The van der Waals surface area contributed by atoms with Crippen molar-refractivity contribution >= 4 is 23.5 Å². The van der Waals surface area contributed by atoms with Gasteiger partial charge in [0, 0.05) is 10.9 Å². The molecule has 5 nitrogen and oxygen atoms in total. The van der Waals surface area contributed by atoms with Crippen LogP contribution < -0.4 is 4.74 Å². The van der Waals surface area contributed by atoms with Crippen LogP contribution in [-0.4, -0.2) is 18.1 Å². The molecule has 3 aromatic carbocycles. The summed E-state index contributed by atoms with van der Waals surface area (Å²) in [5.41, 5.74) is 6.47. The Morgan fingerprint density at radius 2 is 1.83 bits per heavy atom. The number of aromatic hydroxyl groups is 1. The van der Waals surface area contributed by atoms with Crippen molar-refractivity contribution in [2.24, 2.45) is 0 Å². The lowest BCUT2D eigenvalue weighted by Crippen LogP contribution is -2.17. The van der Waals surface area contributed by atoms with Gasteiger partial charge in [-0.3, -0.25) is 9.09 Å². The Morgan fingerprint density at radius 3 is 2.50 bits per heavy atom. The molecule has 2 atom stereocenters. The van der Waals surface area contributed by atoms with Crippen molar-refractivity contribution in [3.05, 3.63) is 92.5 Å². The number of ether oxygens (including phenoxy) is 1. The summed E-state index contributed by atoms with van der Waals surface area (Å²) in [4.78, 5) is 0. The van der Waals surface area contributed by atoms with Gasteiger partial charge in [-0.1, -0.05) is 61.5 Å². The Kier molecular flexibility index (Phi) is 9.45. The van der Waals surface area contributed by atoms with E-state index in [1.165, 1.54) is 5.56 Å². The van der Waals surface area contributed by atoms with Crippen LogP contribution in [0.3, 0.4) is 0 Å². The molecular formula is C29H36BrO5P. The number of aryl methyl sites for hydroxylation is 2.